The molecule has 0 rings (SSSR count). The lowest BCUT2D eigenvalue weighted by atomic mass is 10.1. The SMILES string of the molecule is CCCCCC(/C=C/C=CCC=CCCCCC(=O)O)OO. The van der Waals surface area contributed by atoms with E-state index < -0.39 is 5.97 Å². The molecule has 4 nitrogen and oxygen atoms in total. The van der Waals surface area contributed by atoms with Gasteiger partial charge in [-0.2, -0.15) is 0 Å². The monoisotopic (exact) mass is 310 g/mol. The van der Waals surface area contributed by atoms with Gasteiger partial charge in [-0.15, -0.1) is 0 Å². The minimum Gasteiger partial charge on any atom is -0.481 e. The average molecular weight is 310 g/mol. The molecule has 0 bridgehead atoms. The number of rotatable bonds is 14. The van der Waals surface area contributed by atoms with E-state index in [0.717, 1.165) is 51.4 Å². The highest BCUT2D eigenvalue weighted by molar-refractivity contribution is 5.66. The lowest BCUT2D eigenvalue weighted by Gasteiger charge is -2.07. The van der Waals surface area contributed by atoms with Gasteiger partial charge in [0.2, 0.25) is 0 Å². The number of carboxylic acids is 1. The summed E-state index contributed by atoms with van der Waals surface area (Å²) in [7, 11) is 0. The molecular weight excluding hydrogens is 280 g/mol. The van der Waals surface area contributed by atoms with Crippen LogP contribution >= 0.6 is 0 Å². The molecule has 0 radical (unpaired) electrons. The quantitative estimate of drug-likeness (QED) is 0.153. The average Bonchev–Trinajstić information content (AvgIpc) is 2.50. The van der Waals surface area contributed by atoms with Crippen LogP contribution in [0.1, 0.15) is 64.7 Å². The number of allylic oxidation sites excluding steroid dienone is 5. The summed E-state index contributed by atoms with van der Waals surface area (Å²) in [6, 6.07) is 0. The summed E-state index contributed by atoms with van der Waals surface area (Å²) >= 11 is 0. The van der Waals surface area contributed by atoms with Crippen molar-refractivity contribution in [3.8, 4) is 0 Å². The maximum atomic E-state index is 10.3. The molecule has 0 spiro atoms. The number of hydrogen-bond acceptors (Lipinski definition) is 3. The first kappa shape index (κ1) is 20.6. The van der Waals surface area contributed by atoms with E-state index in [1.165, 1.54) is 0 Å². The highest BCUT2D eigenvalue weighted by Crippen LogP contribution is 2.07. The molecule has 126 valence electrons. The maximum Gasteiger partial charge on any atom is 0.303 e. The number of unbranched alkanes of at least 4 members (excludes halogenated alkanes) is 4. The van der Waals surface area contributed by atoms with Crippen molar-refractivity contribution in [2.24, 2.45) is 0 Å². The fourth-order valence-corrected chi connectivity index (χ4v) is 1.96. The highest BCUT2D eigenvalue weighted by Gasteiger charge is 2.02. The molecule has 2 N–H and O–H groups in total. The van der Waals surface area contributed by atoms with Crippen molar-refractivity contribution < 1.29 is 20.0 Å². The molecule has 0 aliphatic heterocycles. The van der Waals surface area contributed by atoms with Crippen LogP contribution in [-0.4, -0.2) is 22.4 Å². The fraction of sp³-hybridized carbons (Fsp3) is 0.611. The van der Waals surface area contributed by atoms with Gasteiger partial charge in [-0.3, -0.25) is 10.1 Å². The van der Waals surface area contributed by atoms with Gasteiger partial charge < -0.3 is 5.11 Å². The van der Waals surface area contributed by atoms with Crippen molar-refractivity contribution in [2.45, 2.75) is 70.8 Å². The molecule has 0 aromatic heterocycles. The van der Waals surface area contributed by atoms with Crippen molar-refractivity contribution in [3.63, 3.8) is 0 Å². The van der Waals surface area contributed by atoms with Crippen LogP contribution in [0.3, 0.4) is 0 Å². The first-order valence-corrected chi connectivity index (χ1v) is 8.21. The van der Waals surface area contributed by atoms with Gasteiger partial charge in [-0.1, -0.05) is 62.6 Å². The van der Waals surface area contributed by atoms with Crippen LogP contribution in [0.2, 0.25) is 0 Å². The summed E-state index contributed by atoms with van der Waals surface area (Å²) in [5, 5.41) is 17.3. The molecule has 0 amide bonds. The predicted molar refractivity (Wildman–Crippen MR) is 89.8 cm³/mol. The van der Waals surface area contributed by atoms with Gasteiger partial charge in [-0.05, 0) is 32.1 Å². The lowest BCUT2D eigenvalue weighted by molar-refractivity contribution is -0.267. The normalized spacial score (nSPS) is 13.5. The molecule has 0 aliphatic carbocycles. The molecule has 0 saturated carbocycles. The van der Waals surface area contributed by atoms with Gasteiger partial charge in [0.25, 0.3) is 0 Å². The topological polar surface area (TPSA) is 66.8 Å². The van der Waals surface area contributed by atoms with Gasteiger partial charge >= 0.3 is 5.97 Å². The van der Waals surface area contributed by atoms with Crippen molar-refractivity contribution in [1.82, 2.24) is 0 Å². The van der Waals surface area contributed by atoms with Crippen LogP contribution in [0.25, 0.3) is 0 Å². The summed E-state index contributed by atoms with van der Waals surface area (Å²) in [4.78, 5) is 14.7. The zero-order valence-corrected chi connectivity index (χ0v) is 13.6. The zero-order chi connectivity index (χ0) is 16.5. The number of hydrogen-bond donors (Lipinski definition) is 2. The molecule has 1 unspecified atom stereocenters. The minimum absolute atomic E-state index is 0.221. The largest absolute Gasteiger partial charge is 0.481 e. The van der Waals surface area contributed by atoms with Gasteiger partial charge in [0, 0.05) is 6.42 Å². The van der Waals surface area contributed by atoms with Gasteiger partial charge in [0.15, 0.2) is 0 Å². The number of carboxylic acid groups (broad SMARTS) is 1. The minimum atomic E-state index is -0.724. The summed E-state index contributed by atoms with van der Waals surface area (Å²) in [6.07, 6.45) is 19.6. The van der Waals surface area contributed by atoms with E-state index in [1.54, 1.807) is 0 Å². The van der Waals surface area contributed by atoms with Crippen LogP contribution in [0.4, 0.5) is 0 Å². The van der Waals surface area contributed by atoms with Crippen LogP contribution < -0.4 is 0 Å². The van der Waals surface area contributed by atoms with E-state index in [9.17, 15) is 4.79 Å². The number of carbonyl (C=O) groups is 1. The summed E-state index contributed by atoms with van der Waals surface area (Å²) in [6.45, 7) is 2.15. The van der Waals surface area contributed by atoms with Crippen LogP contribution in [0.5, 0.6) is 0 Å². The Labute approximate surface area is 134 Å². The summed E-state index contributed by atoms with van der Waals surface area (Å²) < 4.78 is 0. The standard InChI is InChI=1S/C18H30O4/c1-2-3-11-14-17(22-21)15-12-9-7-5-4-6-8-10-13-16-18(19)20/h4,6-7,9,12,15,17,21H,2-3,5,8,10-11,13-14,16H2,1H3,(H,19,20)/b6-4?,9-7?,15-12+. The third-order valence-electron chi connectivity index (χ3n) is 3.25. The molecular formula is C18H30O4. The van der Waals surface area contributed by atoms with Crippen molar-refractivity contribution >= 4 is 5.97 Å². The Balaban J connectivity index is 3.66. The van der Waals surface area contributed by atoms with E-state index in [2.05, 4.69) is 24.0 Å². The summed E-state index contributed by atoms with van der Waals surface area (Å²) in [5.41, 5.74) is 0. The molecule has 0 fully saturated rings. The van der Waals surface area contributed by atoms with E-state index in [-0.39, 0.29) is 12.5 Å². The maximum absolute atomic E-state index is 10.3. The van der Waals surface area contributed by atoms with Gasteiger partial charge in [0.05, 0.1) is 0 Å². The van der Waals surface area contributed by atoms with Crippen LogP contribution in [-0.2, 0) is 9.68 Å². The molecule has 0 aliphatic rings. The number of aliphatic carboxylic acids is 1. The Morgan fingerprint density at radius 3 is 2.59 bits per heavy atom. The third kappa shape index (κ3) is 15.0. The molecule has 0 saturated heterocycles. The second-order valence-corrected chi connectivity index (χ2v) is 5.30. The smallest absolute Gasteiger partial charge is 0.303 e. The van der Waals surface area contributed by atoms with Crippen molar-refractivity contribution in [3.05, 3.63) is 36.5 Å². The third-order valence-corrected chi connectivity index (χ3v) is 3.25. The second-order valence-electron chi connectivity index (χ2n) is 5.30. The van der Waals surface area contributed by atoms with E-state index in [0.29, 0.717) is 0 Å². The molecule has 4 heteroatoms. The van der Waals surface area contributed by atoms with Crippen LogP contribution in [0.15, 0.2) is 36.5 Å². The van der Waals surface area contributed by atoms with E-state index in [4.69, 9.17) is 10.4 Å². The highest BCUT2D eigenvalue weighted by atomic mass is 17.1. The Bertz CT molecular complexity index is 345. The van der Waals surface area contributed by atoms with Gasteiger partial charge in [-0.25, -0.2) is 4.89 Å². The molecule has 22 heavy (non-hydrogen) atoms. The van der Waals surface area contributed by atoms with Crippen LogP contribution in [0, 0.1) is 0 Å². The molecule has 1 atom stereocenters. The summed E-state index contributed by atoms with van der Waals surface area (Å²) in [5.74, 6) is -0.724. The lowest BCUT2D eigenvalue weighted by Crippen LogP contribution is -2.06. The molecule has 0 heterocycles. The zero-order valence-electron chi connectivity index (χ0n) is 13.6. The van der Waals surface area contributed by atoms with E-state index in [1.807, 2.05) is 24.3 Å². The van der Waals surface area contributed by atoms with Gasteiger partial charge in [0.1, 0.15) is 6.10 Å². The predicted octanol–water partition coefficient (Wildman–Crippen LogP) is 5.13. The van der Waals surface area contributed by atoms with E-state index >= 15 is 0 Å². The molecule has 0 aromatic carbocycles. The first-order chi connectivity index (χ1) is 10.7. The Kier molecular flexibility index (Phi) is 15.0. The van der Waals surface area contributed by atoms with Crippen molar-refractivity contribution in [1.29, 1.82) is 0 Å². The van der Waals surface area contributed by atoms with Crippen molar-refractivity contribution in [2.75, 3.05) is 0 Å². The first-order valence-electron chi connectivity index (χ1n) is 8.21. The fourth-order valence-electron chi connectivity index (χ4n) is 1.96. The Morgan fingerprint density at radius 1 is 1.09 bits per heavy atom. The Hall–Kier alpha value is -1.39. The molecule has 0 aromatic rings. The Morgan fingerprint density at radius 2 is 1.91 bits per heavy atom. The second kappa shape index (κ2) is 16.0.